The van der Waals surface area contributed by atoms with Crippen LogP contribution in [0.2, 0.25) is 0 Å². The standard InChI is InChI=1S/C13H15NO5S/c15-12(7-9-5-6-20(18,19)8-9)14-11-4-2-1-3-10(11)13(16)17/h1-4,9H,5-8H2,(H,14,15)(H,16,17). The van der Waals surface area contributed by atoms with Gasteiger partial charge in [0.05, 0.1) is 22.8 Å². The molecule has 1 aromatic carbocycles. The monoisotopic (exact) mass is 297 g/mol. The molecule has 1 aliphatic heterocycles. The van der Waals surface area contributed by atoms with E-state index < -0.39 is 15.8 Å². The number of benzene rings is 1. The predicted molar refractivity (Wildman–Crippen MR) is 73.4 cm³/mol. The van der Waals surface area contributed by atoms with Gasteiger partial charge in [-0.05, 0) is 24.5 Å². The lowest BCUT2D eigenvalue weighted by Gasteiger charge is -2.10. The van der Waals surface area contributed by atoms with Crippen molar-refractivity contribution in [3.8, 4) is 0 Å². The number of rotatable bonds is 4. The minimum absolute atomic E-state index is 0.0138. The zero-order valence-corrected chi connectivity index (χ0v) is 11.5. The van der Waals surface area contributed by atoms with Crippen LogP contribution in [-0.2, 0) is 14.6 Å². The molecule has 108 valence electrons. The van der Waals surface area contributed by atoms with Crippen LogP contribution in [0.1, 0.15) is 23.2 Å². The first-order chi connectivity index (χ1) is 9.37. The predicted octanol–water partition coefficient (Wildman–Crippen LogP) is 1.15. The summed E-state index contributed by atoms with van der Waals surface area (Å²) in [5, 5.41) is 11.5. The molecule has 2 rings (SSSR count). The average Bonchev–Trinajstić information content (AvgIpc) is 2.68. The molecule has 0 saturated carbocycles. The number of hydrogen-bond donors (Lipinski definition) is 2. The highest BCUT2D eigenvalue weighted by Gasteiger charge is 2.29. The van der Waals surface area contributed by atoms with Gasteiger partial charge in [-0.2, -0.15) is 0 Å². The Morgan fingerprint density at radius 2 is 2.00 bits per heavy atom. The van der Waals surface area contributed by atoms with Crippen LogP contribution >= 0.6 is 0 Å². The smallest absolute Gasteiger partial charge is 0.337 e. The zero-order valence-electron chi connectivity index (χ0n) is 10.7. The summed E-state index contributed by atoms with van der Waals surface area (Å²) in [5.74, 6) is -1.51. The molecule has 1 fully saturated rings. The normalized spacial score (nSPS) is 20.5. The summed E-state index contributed by atoms with van der Waals surface area (Å²) < 4.78 is 22.6. The van der Waals surface area contributed by atoms with E-state index in [4.69, 9.17) is 5.11 Å². The van der Waals surface area contributed by atoms with Gasteiger partial charge in [-0.25, -0.2) is 13.2 Å². The number of hydrogen-bond acceptors (Lipinski definition) is 4. The Morgan fingerprint density at radius 1 is 1.30 bits per heavy atom. The van der Waals surface area contributed by atoms with Crippen LogP contribution in [-0.4, -0.2) is 36.9 Å². The number of sulfone groups is 1. The molecule has 1 amide bonds. The molecule has 0 aromatic heterocycles. The van der Waals surface area contributed by atoms with Crippen molar-refractivity contribution in [1.82, 2.24) is 0 Å². The van der Waals surface area contributed by atoms with Gasteiger partial charge >= 0.3 is 5.97 Å². The first kappa shape index (κ1) is 14.5. The fourth-order valence-electron chi connectivity index (χ4n) is 2.28. The molecule has 0 bridgehead atoms. The maximum atomic E-state index is 11.9. The summed E-state index contributed by atoms with van der Waals surface area (Å²) in [6.07, 6.45) is 0.573. The van der Waals surface area contributed by atoms with Crippen molar-refractivity contribution >= 4 is 27.4 Å². The van der Waals surface area contributed by atoms with Gasteiger partial charge in [0.2, 0.25) is 5.91 Å². The second-order valence-electron chi connectivity index (χ2n) is 4.87. The van der Waals surface area contributed by atoms with Crippen LogP contribution in [0.5, 0.6) is 0 Å². The van der Waals surface area contributed by atoms with Crippen molar-refractivity contribution in [2.75, 3.05) is 16.8 Å². The molecule has 20 heavy (non-hydrogen) atoms. The summed E-state index contributed by atoms with van der Waals surface area (Å²) in [6, 6.07) is 6.11. The Balaban J connectivity index is 2.01. The van der Waals surface area contributed by atoms with Crippen LogP contribution in [0.3, 0.4) is 0 Å². The fraction of sp³-hybridized carbons (Fsp3) is 0.385. The molecule has 2 N–H and O–H groups in total. The van der Waals surface area contributed by atoms with Crippen molar-refractivity contribution in [2.45, 2.75) is 12.8 Å². The lowest BCUT2D eigenvalue weighted by atomic mass is 10.0. The Labute approximate surface area is 116 Å². The van der Waals surface area contributed by atoms with E-state index in [-0.39, 0.29) is 41.0 Å². The van der Waals surface area contributed by atoms with Crippen molar-refractivity contribution in [3.63, 3.8) is 0 Å². The number of carboxylic acid groups (broad SMARTS) is 1. The average molecular weight is 297 g/mol. The molecule has 1 atom stereocenters. The maximum absolute atomic E-state index is 11.9. The summed E-state index contributed by atoms with van der Waals surface area (Å²) in [5.41, 5.74) is 0.241. The van der Waals surface area contributed by atoms with Crippen LogP contribution in [0.15, 0.2) is 24.3 Å². The first-order valence-corrected chi connectivity index (χ1v) is 8.02. The summed E-state index contributed by atoms with van der Waals surface area (Å²) in [7, 11) is -3.01. The van der Waals surface area contributed by atoms with Gasteiger partial charge < -0.3 is 10.4 Å². The highest BCUT2D eigenvalue weighted by molar-refractivity contribution is 7.91. The highest BCUT2D eigenvalue weighted by Crippen LogP contribution is 2.23. The van der Waals surface area contributed by atoms with E-state index >= 15 is 0 Å². The molecule has 1 heterocycles. The molecule has 1 aliphatic rings. The SMILES string of the molecule is O=C(CC1CCS(=O)(=O)C1)Nc1ccccc1C(=O)O. The maximum Gasteiger partial charge on any atom is 0.337 e. The lowest BCUT2D eigenvalue weighted by Crippen LogP contribution is -2.18. The van der Waals surface area contributed by atoms with Gasteiger partial charge in [-0.15, -0.1) is 0 Å². The molecule has 7 heteroatoms. The van der Waals surface area contributed by atoms with E-state index in [9.17, 15) is 18.0 Å². The zero-order chi connectivity index (χ0) is 14.8. The van der Waals surface area contributed by atoms with Crippen molar-refractivity contribution in [1.29, 1.82) is 0 Å². The minimum atomic E-state index is -3.01. The number of amides is 1. The molecule has 1 saturated heterocycles. The van der Waals surface area contributed by atoms with E-state index in [1.165, 1.54) is 12.1 Å². The third-order valence-electron chi connectivity index (χ3n) is 3.23. The van der Waals surface area contributed by atoms with Crippen LogP contribution in [0.4, 0.5) is 5.69 Å². The third kappa shape index (κ3) is 3.57. The number of carbonyl (C=O) groups excluding carboxylic acids is 1. The van der Waals surface area contributed by atoms with Crippen molar-refractivity contribution in [2.24, 2.45) is 5.92 Å². The first-order valence-electron chi connectivity index (χ1n) is 6.20. The number of nitrogens with one attached hydrogen (secondary N) is 1. The topological polar surface area (TPSA) is 101 Å². The van der Waals surface area contributed by atoms with E-state index in [1.54, 1.807) is 12.1 Å². The number of carboxylic acids is 1. The van der Waals surface area contributed by atoms with Gasteiger partial charge in [-0.1, -0.05) is 12.1 Å². The third-order valence-corrected chi connectivity index (χ3v) is 5.07. The largest absolute Gasteiger partial charge is 0.478 e. The quantitative estimate of drug-likeness (QED) is 0.868. The van der Waals surface area contributed by atoms with Crippen LogP contribution in [0, 0.1) is 5.92 Å². The van der Waals surface area contributed by atoms with Gasteiger partial charge in [0.1, 0.15) is 0 Å². The van der Waals surface area contributed by atoms with E-state index in [1.807, 2.05) is 0 Å². The van der Waals surface area contributed by atoms with Gasteiger partial charge in [-0.3, -0.25) is 4.79 Å². The minimum Gasteiger partial charge on any atom is -0.478 e. The summed E-state index contributed by atoms with van der Waals surface area (Å²) in [6.45, 7) is 0. The molecule has 0 aliphatic carbocycles. The molecule has 0 radical (unpaired) electrons. The molecule has 1 aromatic rings. The highest BCUT2D eigenvalue weighted by atomic mass is 32.2. The summed E-state index contributed by atoms with van der Waals surface area (Å²) in [4.78, 5) is 22.9. The number of anilines is 1. The molecular formula is C13H15NO5S. The number of para-hydroxylation sites is 1. The van der Waals surface area contributed by atoms with Gasteiger partial charge in [0.15, 0.2) is 9.84 Å². The molecule has 6 nitrogen and oxygen atoms in total. The Bertz CT molecular complexity index is 638. The van der Waals surface area contributed by atoms with E-state index in [2.05, 4.69) is 5.32 Å². The number of carbonyl (C=O) groups is 2. The van der Waals surface area contributed by atoms with Gasteiger partial charge in [0.25, 0.3) is 0 Å². The van der Waals surface area contributed by atoms with E-state index in [0.717, 1.165) is 0 Å². The van der Waals surface area contributed by atoms with E-state index in [0.29, 0.717) is 6.42 Å². The summed E-state index contributed by atoms with van der Waals surface area (Å²) >= 11 is 0. The van der Waals surface area contributed by atoms with Crippen LogP contribution in [0.25, 0.3) is 0 Å². The molecular weight excluding hydrogens is 282 g/mol. The second-order valence-corrected chi connectivity index (χ2v) is 7.10. The van der Waals surface area contributed by atoms with Crippen LogP contribution < -0.4 is 5.32 Å². The Kier molecular flexibility index (Phi) is 4.08. The van der Waals surface area contributed by atoms with Gasteiger partial charge in [0, 0.05) is 6.42 Å². The van der Waals surface area contributed by atoms with Crippen molar-refractivity contribution in [3.05, 3.63) is 29.8 Å². The lowest BCUT2D eigenvalue weighted by molar-refractivity contribution is -0.116. The number of aromatic carboxylic acids is 1. The molecule has 0 spiro atoms. The van der Waals surface area contributed by atoms with Crippen molar-refractivity contribution < 1.29 is 23.1 Å². The molecule has 1 unspecified atom stereocenters. The second kappa shape index (κ2) is 5.62. The Hall–Kier alpha value is -1.89. The Morgan fingerprint density at radius 3 is 2.60 bits per heavy atom. The fourth-order valence-corrected chi connectivity index (χ4v) is 4.14.